The van der Waals surface area contributed by atoms with Gasteiger partial charge in [-0.25, -0.2) is 9.97 Å². The van der Waals surface area contributed by atoms with Crippen molar-refractivity contribution in [3.8, 4) is 0 Å². The van der Waals surface area contributed by atoms with Crippen LogP contribution in [0.3, 0.4) is 0 Å². The molecule has 7 heteroatoms. The van der Waals surface area contributed by atoms with Crippen molar-refractivity contribution in [2.45, 2.75) is 25.7 Å². The third-order valence-electron chi connectivity index (χ3n) is 3.56. The van der Waals surface area contributed by atoms with Crippen LogP contribution < -0.4 is 5.32 Å². The van der Waals surface area contributed by atoms with Gasteiger partial charge in [0.25, 0.3) is 0 Å². The van der Waals surface area contributed by atoms with Gasteiger partial charge in [-0.3, -0.25) is 4.79 Å². The van der Waals surface area contributed by atoms with Crippen molar-refractivity contribution in [2.75, 3.05) is 18.4 Å². The Balaban J connectivity index is 1.58. The first-order chi connectivity index (χ1) is 10.7. The van der Waals surface area contributed by atoms with Crippen LogP contribution in [0.5, 0.6) is 0 Å². The van der Waals surface area contributed by atoms with Crippen molar-refractivity contribution < 1.29 is 4.79 Å². The fraction of sp³-hybridized carbons (Fsp3) is 0.400. The molecular weight excluding hydrogens is 320 g/mol. The first-order valence-corrected chi connectivity index (χ1v) is 8.57. The van der Waals surface area contributed by atoms with Crippen LogP contribution in [0.15, 0.2) is 23.7 Å². The van der Waals surface area contributed by atoms with E-state index in [-0.39, 0.29) is 5.91 Å². The summed E-state index contributed by atoms with van der Waals surface area (Å²) in [6.07, 6.45) is 5.39. The molecule has 3 rings (SSSR count). The second-order valence-electron chi connectivity index (χ2n) is 5.25. The first-order valence-electron chi connectivity index (χ1n) is 7.31. The predicted molar refractivity (Wildman–Crippen MR) is 88.8 cm³/mol. The smallest absolute Gasteiger partial charge is 0.228 e. The number of amides is 1. The lowest BCUT2D eigenvalue weighted by molar-refractivity contribution is -0.131. The molecule has 0 unspecified atom stereocenters. The van der Waals surface area contributed by atoms with Crippen molar-refractivity contribution >= 4 is 39.8 Å². The van der Waals surface area contributed by atoms with E-state index in [1.165, 1.54) is 17.8 Å². The molecule has 0 aromatic carbocycles. The Kier molecular flexibility index (Phi) is 4.90. The lowest BCUT2D eigenvalue weighted by Gasteiger charge is -2.26. The van der Waals surface area contributed by atoms with Gasteiger partial charge in [0, 0.05) is 24.7 Å². The minimum atomic E-state index is 0.168. The number of likely N-dealkylation sites (tertiary alicyclic amines) is 1. The van der Waals surface area contributed by atoms with E-state index in [0.29, 0.717) is 17.3 Å². The number of thiazole rings is 1. The summed E-state index contributed by atoms with van der Waals surface area (Å²) in [6, 6.07) is 3.56. The van der Waals surface area contributed by atoms with Gasteiger partial charge in [-0.1, -0.05) is 11.6 Å². The summed E-state index contributed by atoms with van der Waals surface area (Å²) in [5.41, 5.74) is 0.803. The number of piperidine rings is 1. The molecule has 116 valence electrons. The molecule has 2 aromatic rings. The second-order valence-corrected chi connectivity index (χ2v) is 6.54. The molecule has 0 aliphatic carbocycles. The topological polar surface area (TPSA) is 58.1 Å². The highest BCUT2D eigenvalue weighted by atomic mass is 35.5. The molecule has 5 nitrogen and oxygen atoms in total. The van der Waals surface area contributed by atoms with Gasteiger partial charge in [0.05, 0.1) is 17.1 Å². The maximum Gasteiger partial charge on any atom is 0.228 e. The van der Waals surface area contributed by atoms with Crippen LogP contribution in [0.25, 0.3) is 0 Å². The molecule has 1 aliphatic rings. The Bertz CT molecular complexity index is 637. The highest BCUT2D eigenvalue weighted by Gasteiger charge is 2.17. The third kappa shape index (κ3) is 3.96. The monoisotopic (exact) mass is 336 g/mol. The normalized spacial score (nSPS) is 14.9. The van der Waals surface area contributed by atoms with Gasteiger partial charge in [0.15, 0.2) is 5.13 Å². The molecule has 0 saturated carbocycles. The third-order valence-corrected chi connectivity index (χ3v) is 4.59. The standard InChI is InChI=1S/C15H17ClN4OS/c16-11-4-5-13(17-9-11)19-15-18-12(10-22-15)8-14(21)20-6-2-1-3-7-20/h4-5,9-10H,1-3,6-8H2,(H,17,18,19). The number of pyridine rings is 1. The zero-order valence-electron chi connectivity index (χ0n) is 12.1. The molecule has 1 amide bonds. The molecule has 3 heterocycles. The molecule has 22 heavy (non-hydrogen) atoms. The molecule has 0 radical (unpaired) electrons. The van der Waals surface area contributed by atoms with E-state index >= 15 is 0 Å². The van der Waals surface area contributed by atoms with Gasteiger partial charge in [0.1, 0.15) is 5.82 Å². The van der Waals surface area contributed by atoms with E-state index in [2.05, 4.69) is 15.3 Å². The molecule has 0 spiro atoms. The Morgan fingerprint density at radius 2 is 2.14 bits per heavy atom. The fourth-order valence-electron chi connectivity index (χ4n) is 2.41. The van der Waals surface area contributed by atoms with E-state index in [1.54, 1.807) is 18.3 Å². The molecule has 1 N–H and O–H groups in total. The number of nitrogens with zero attached hydrogens (tertiary/aromatic N) is 3. The zero-order chi connectivity index (χ0) is 15.4. The number of hydrogen-bond acceptors (Lipinski definition) is 5. The van der Waals surface area contributed by atoms with E-state index in [4.69, 9.17) is 11.6 Å². The number of halogens is 1. The van der Waals surface area contributed by atoms with E-state index < -0.39 is 0 Å². The van der Waals surface area contributed by atoms with Crippen LogP contribution in [0, 0.1) is 0 Å². The molecule has 1 aliphatic heterocycles. The van der Waals surface area contributed by atoms with Crippen LogP contribution in [-0.4, -0.2) is 33.9 Å². The number of anilines is 2. The van der Waals surface area contributed by atoms with Crippen LogP contribution >= 0.6 is 22.9 Å². The minimum Gasteiger partial charge on any atom is -0.342 e. The Morgan fingerprint density at radius 1 is 1.32 bits per heavy atom. The van der Waals surface area contributed by atoms with Crippen LogP contribution in [0.2, 0.25) is 5.02 Å². The maximum atomic E-state index is 12.2. The summed E-state index contributed by atoms with van der Waals surface area (Å²) in [6.45, 7) is 1.76. The number of nitrogens with one attached hydrogen (secondary N) is 1. The van der Waals surface area contributed by atoms with Crippen LogP contribution in [0.4, 0.5) is 10.9 Å². The number of hydrogen-bond donors (Lipinski definition) is 1. The molecular formula is C15H17ClN4OS. The highest BCUT2D eigenvalue weighted by Crippen LogP contribution is 2.21. The van der Waals surface area contributed by atoms with Gasteiger partial charge in [-0.2, -0.15) is 0 Å². The van der Waals surface area contributed by atoms with Crippen molar-refractivity contribution in [1.82, 2.24) is 14.9 Å². The van der Waals surface area contributed by atoms with Crippen molar-refractivity contribution in [3.05, 3.63) is 34.4 Å². The quantitative estimate of drug-likeness (QED) is 0.928. The molecule has 2 aromatic heterocycles. The maximum absolute atomic E-state index is 12.2. The number of carbonyl (C=O) groups is 1. The summed E-state index contributed by atoms with van der Waals surface area (Å²) >= 11 is 7.28. The van der Waals surface area contributed by atoms with Gasteiger partial charge in [0.2, 0.25) is 5.91 Å². The largest absolute Gasteiger partial charge is 0.342 e. The van der Waals surface area contributed by atoms with Gasteiger partial charge in [-0.05, 0) is 31.4 Å². The summed E-state index contributed by atoms with van der Waals surface area (Å²) in [5, 5.41) is 6.36. The summed E-state index contributed by atoms with van der Waals surface area (Å²) < 4.78 is 0. The van der Waals surface area contributed by atoms with Crippen LogP contribution in [0.1, 0.15) is 25.0 Å². The van der Waals surface area contributed by atoms with E-state index in [1.807, 2.05) is 10.3 Å². The van der Waals surface area contributed by atoms with Gasteiger partial charge in [-0.15, -0.1) is 11.3 Å². The van der Waals surface area contributed by atoms with Crippen molar-refractivity contribution in [2.24, 2.45) is 0 Å². The molecule has 1 fully saturated rings. The fourth-order valence-corrected chi connectivity index (χ4v) is 3.24. The van der Waals surface area contributed by atoms with Crippen LogP contribution in [-0.2, 0) is 11.2 Å². The second kappa shape index (κ2) is 7.07. The number of rotatable bonds is 4. The number of aromatic nitrogens is 2. The Hall–Kier alpha value is -1.66. The SMILES string of the molecule is O=C(Cc1csc(Nc2ccc(Cl)cn2)n1)N1CCCCC1. The predicted octanol–water partition coefficient (Wildman–Crippen LogP) is 3.49. The molecule has 1 saturated heterocycles. The van der Waals surface area contributed by atoms with Crippen molar-refractivity contribution in [3.63, 3.8) is 0 Å². The summed E-state index contributed by atoms with van der Waals surface area (Å²) in [4.78, 5) is 22.8. The van der Waals surface area contributed by atoms with Crippen molar-refractivity contribution in [1.29, 1.82) is 0 Å². The summed E-state index contributed by atoms with van der Waals surface area (Å²) in [5.74, 6) is 0.855. The average molecular weight is 337 g/mol. The Labute approximate surface area is 138 Å². The van der Waals surface area contributed by atoms with E-state index in [9.17, 15) is 4.79 Å². The summed E-state index contributed by atoms with van der Waals surface area (Å²) in [7, 11) is 0. The molecule has 0 atom stereocenters. The van der Waals surface area contributed by atoms with Gasteiger partial charge < -0.3 is 10.2 Å². The Morgan fingerprint density at radius 3 is 2.86 bits per heavy atom. The first kappa shape index (κ1) is 15.2. The zero-order valence-corrected chi connectivity index (χ0v) is 13.7. The lowest BCUT2D eigenvalue weighted by atomic mass is 10.1. The highest BCUT2D eigenvalue weighted by molar-refractivity contribution is 7.13. The average Bonchev–Trinajstić information content (AvgIpc) is 2.97. The van der Waals surface area contributed by atoms with E-state index in [0.717, 1.165) is 36.8 Å². The number of carbonyl (C=O) groups excluding carboxylic acids is 1. The lowest BCUT2D eigenvalue weighted by Crippen LogP contribution is -2.36. The van der Waals surface area contributed by atoms with Gasteiger partial charge >= 0.3 is 0 Å². The molecule has 0 bridgehead atoms. The minimum absolute atomic E-state index is 0.168.